The molecular weight excluding hydrogens is 318 g/mol. The molecule has 2 N–H and O–H groups in total. The summed E-state index contributed by atoms with van der Waals surface area (Å²) in [5, 5.41) is 14.9. The largest absolute Gasteiger partial charge is 0.376 e. The van der Waals surface area contributed by atoms with E-state index in [0.29, 0.717) is 12.2 Å². The summed E-state index contributed by atoms with van der Waals surface area (Å²) in [5.41, 5.74) is 1.39. The summed E-state index contributed by atoms with van der Waals surface area (Å²) in [6, 6.07) is 8.98. The first-order valence-corrected chi connectivity index (χ1v) is 8.37. The second-order valence-electron chi connectivity index (χ2n) is 5.87. The molecule has 1 aliphatic rings. The molecule has 1 fully saturated rings. The summed E-state index contributed by atoms with van der Waals surface area (Å²) in [6.07, 6.45) is 4.23. The van der Waals surface area contributed by atoms with Crippen molar-refractivity contribution in [2.45, 2.75) is 32.0 Å². The van der Waals surface area contributed by atoms with Crippen LogP contribution < -0.4 is 10.6 Å². The van der Waals surface area contributed by atoms with Gasteiger partial charge in [-0.3, -0.25) is 4.79 Å². The van der Waals surface area contributed by atoms with Gasteiger partial charge in [0.1, 0.15) is 11.9 Å². The minimum Gasteiger partial charge on any atom is -0.376 e. The molecule has 2 heterocycles. The molecule has 0 bridgehead atoms. The molecule has 0 saturated carbocycles. The predicted octanol–water partition coefficient (Wildman–Crippen LogP) is 1.83. The lowest BCUT2D eigenvalue weighted by atomic mass is 10.1. The van der Waals surface area contributed by atoms with Gasteiger partial charge in [0.25, 0.3) is 0 Å². The van der Waals surface area contributed by atoms with E-state index in [1.54, 1.807) is 30.5 Å². The van der Waals surface area contributed by atoms with Gasteiger partial charge in [-0.15, -0.1) is 0 Å². The number of hydrogen-bond acceptors (Lipinski definition) is 5. The maximum atomic E-state index is 12.3. The number of imidazole rings is 1. The van der Waals surface area contributed by atoms with E-state index in [1.165, 1.54) is 0 Å². The number of nitriles is 1. The number of carbonyl (C=O) groups is 1. The van der Waals surface area contributed by atoms with Crippen molar-refractivity contribution in [1.29, 1.82) is 5.26 Å². The minimum atomic E-state index is -0.214. The Morgan fingerprint density at radius 3 is 2.96 bits per heavy atom. The number of anilines is 1. The summed E-state index contributed by atoms with van der Waals surface area (Å²) < 4.78 is 7.82. The fraction of sp³-hybridized carbons (Fsp3) is 0.389. The Balaban J connectivity index is 1.55. The molecule has 3 rings (SSSR count). The Labute approximate surface area is 146 Å². The number of benzene rings is 1. The lowest BCUT2D eigenvalue weighted by Gasteiger charge is -2.20. The number of carbonyl (C=O) groups excluding carboxylic acids is 1. The van der Waals surface area contributed by atoms with Crippen LogP contribution in [0.2, 0.25) is 0 Å². The fourth-order valence-corrected chi connectivity index (χ4v) is 2.94. The second-order valence-corrected chi connectivity index (χ2v) is 5.87. The molecule has 0 spiro atoms. The maximum absolute atomic E-state index is 12.3. The minimum absolute atomic E-state index is 0.0806. The van der Waals surface area contributed by atoms with E-state index < -0.39 is 0 Å². The zero-order chi connectivity index (χ0) is 17.6. The number of aromatic nitrogens is 2. The van der Waals surface area contributed by atoms with Gasteiger partial charge in [-0.05, 0) is 37.6 Å². The van der Waals surface area contributed by atoms with Crippen LogP contribution >= 0.6 is 0 Å². The molecule has 7 heteroatoms. The van der Waals surface area contributed by atoms with Gasteiger partial charge in [0.05, 0.1) is 24.2 Å². The van der Waals surface area contributed by atoms with Crippen molar-refractivity contribution >= 4 is 11.6 Å². The number of amides is 1. The van der Waals surface area contributed by atoms with Crippen molar-refractivity contribution in [3.05, 3.63) is 48.0 Å². The normalized spacial score (nSPS) is 19.4. The molecule has 0 radical (unpaired) electrons. The average Bonchev–Trinajstić information content (AvgIpc) is 3.28. The fourth-order valence-electron chi connectivity index (χ4n) is 2.94. The molecule has 1 amide bonds. The molecule has 1 aromatic carbocycles. The highest BCUT2D eigenvalue weighted by atomic mass is 16.5. The molecule has 1 saturated heterocycles. The van der Waals surface area contributed by atoms with E-state index in [1.807, 2.05) is 10.8 Å². The highest BCUT2D eigenvalue weighted by Crippen LogP contribution is 2.28. The molecule has 7 nitrogen and oxygen atoms in total. The van der Waals surface area contributed by atoms with Gasteiger partial charge in [0, 0.05) is 31.2 Å². The number of ether oxygens (including phenoxy) is 1. The van der Waals surface area contributed by atoms with Crippen LogP contribution in [-0.2, 0) is 16.1 Å². The van der Waals surface area contributed by atoms with Crippen molar-refractivity contribution in [2.75, 3.05) is 18.5 Å². The van der Waals surface area contributed by atoms with Crippen LogP contribution in [0.15, 0.2) is 36.7 Å². The van der Waals surface area contributed by atoms with Crippen LogP contribution in [0, 0.1) is 11.3 Å². The average molecular weight is 339 g/mol. The summed E-state index contributed by atoms with van der Waals surface area (Å²) >= 11 is 0. The second kappa shape index (κ2) is 7.81. The first-order valence-electron chi connectivity index (χ1n) is 8.37. The third-order valence-corrected chi connectivity index (χ3v) is 4.25. The van der Waals surface area contributed by atoms with Crippen molar-refractivity contribution in [1.82, 2.24) is 14.9 Å². The van der Waals surface area contributed by atoms with E-state index in [2.05, 4.69) is 28.6 Å². The third-order valence-electron chi connectivity index (χ3n) is 4.25. The van der Waals surface area contributed by atoms with Crippen LogP contribution in [-0.4, -0.2) is 34.7 Å². The first kappa shape index (κ1) is 17.0. The molecule has 25 heavy (non-hydrogen) atoms. The highest BCUT2D eigenvalue weighted by molar-refractivity contribution is 5.81. The predicted molar refractivity (Wildman–Crippen MR) is 92.8 cm³/mol. The zero-order valence-electron chi connectivity index (χ0n) is 14.1. The Hall–Kier alpha value is -2.85. The van der Waals surface area contributed by atoms with E-state index in [4.69, 9.17) is 10.00 Å². The Morgan fingerprint density at radius 2 is 2.24 bits per heavy atom. The molecular formula is C18H21N5O2. The van der Waals surface area contributed by atoms with Crippen molar-refractivity contribution in [3.8, 4) is 6.07 Å². The first-order chi connectivity index (χ1) is 12.2. The molecule has 130 valence electrons. The SMILES string of the molecule is CCn1ccnc1[C@@H]1OCC[C@H]1NC(=O)CNc1ccc(C#N)cc1. The van der Waals surface area contributed by atoms with E-state index >= 15 is 0 Å². The van der Waals surface area contributed by atoms with Crippen LogP contribution in [0.4, 0.5) is 5.69 Å². The van der Waals surface area contributed by atoms with Gasteiger partial charge < -0.3 is 19.9 Å². The molecule has 1 aliphatic heterocycles. The van der Waals surface area contributed by atoms with Crippen molar-refractivity contribution < 1.29 is 9.53 Å². The van der Waals surface area contributed by atoms with Crippen LogP contribution in [0.25, 0.3) is 0 Å². The molecule has 0 unspecified atom stereocenters. The summed E-state index contributed by atoms with van der Waals surface area (Å²) in [4.78, 5) is 16.6. The number of rotatable bonds is 6. The lowest BCUT2D eigenvalue weighted by molar-refractivity contribution is -0.120. The lowest BCUT2D eigenvalue weighted by Crippen LogP contribution is -2.40. The summed E-state index contributed by atoms with van der Waals surface area (Å²) in [7, 11) is 0. The van der Waals surface area contributed by atoms with Gasteiger partial charge in [-0.1, -0.05) is 0 Å². The molecule has 1 aromatic heterocycles. The number of hydrogen-bond donors (Lipinski definition) is 2. The maximum Gasteiger partial charge on any atom is 0.239 e. The van der Waals surface area contributed by atoms with Crippen molar-refractivity contribution in [2.24, 2.45) is 0 Å². The van der Waals surface area contributed by atoms with E-state index in [0.717, 1.165) is 24.5 Å². The van der Waals surface area contributed by atoms with Gasteiger partial charge in [-0.2, -0.15) is 5.26 Å². The van der Waals surface area contributed by atoms with Gasteiger partial charge in [-0.25, -0.2) is 4.98 Å². The molecule has 2 atom stereocenters. The smallest absolute Gasteiger partial charge is 0.239 e. The highest BCUT2D eigenvalue weighted by Gasteiger charge is 2.33. The quantitative estimate of drug-likeness (QED) is 0.838. The van der Waals surface area contributed by atoms with E-state index in [-0.39, 0.29) is 24.6 Å². The van der Waals surface area contributed by atoms with E-state index in [9.17, 15) is 4.79 Å². The monoisotopic (exact) mass is 339 g/mol. The number of nitrogens with one attached hydrogen (secondary N) is 2. The Bertz CT molecular complexity index is 763. The van der Waals surface area contributed by atoms with Crippen LogP contribution in [0.3, 0.4) is 0 Å². The Morgan fingerprint density at radius 1 is 1.44 bits per heavy atom. The number of aryl methyl sites for hydroxylation is 1. The number of nitrogens with zero attached hydrogens (tertiary/aromatic N) is 3. The van der Waals surface area contributed by atoms with Gasteiger partial charge in [0.15, 0.2) is 0 Å². The third kappa shape index (κ3) is 3.98. The topological polar surface area (TPSA) is 92.0 Å². The molecule has 0 aliphatic carbocycles. The molecule has 2 aromatic rings. The van der Waals surface area contributed by atoms with Crippen LogP contribution in [0.1, 0.15) is 30.8 Å². The Kier molecular flexibility index (Phi) is 5.31. The summed E-state index contributed by atoms with van der Waals surface area (Å²) in [6.45, 7) is 3.64. The standard InChI is InChI=1S/C18H21N5O2/c1-2-23-9-8-20-18(23)17-15(7-10-25-17)22-16(24)12-21-14-5-3-13(11-19)4-6-14/h3-6,8-9,15,17,21H,2,7,10,12H2,1H3,(H,22,24)/t15-,17-/m1/s1. The summed E-state index contributed by atoms with van der Waals surface area (Å²) in [5.74, 6) is 0.754. The van der Waals surface area contributed by atoms with Crippen LogP contribution in [0.5, 0.6) is 0 Å². The van der Waals surface area contributed by atoms with Gasteiger partial charge >= 0.3 is 0 Å². The van der Waals surface area contributed by atoms with Gasteiger partial charge in [0.2, 0.25) is 5.91 Å². The van der Waals surface area contributed by atoms with Crippen molar-refractivity contribution in [3.63, 3.8) is 0 Å². The zero-order valence-corrected chi connectivity index (χ0v) is 14.1.